The zero-order valence-corrected chi connectivity index (χ0v) is 10.5. The summed E-state index contributed by atoms with van der Waals surface area (Å²) >= 11 is 0. The van der Waals surface area contributed by atoms with E-state index in [-0.39, 0.29) is 11.7 Å². The molecule has 0 aliphatic carbocycles. The minimum atomic E-state index is 0.146. The van der Waals surface area contributed by atoms with E-state index in [0.717, 1.165) is 36.4 Å². The number of carbonyl (C=O) groups excluding carboxylic acids is 1. The van der Waals surface area contributed by atoms with Crippen LogP contribution in [0.15, 0.2) is 18.2 Å². The molecule has 2 rings (SSSR count). The van der Waals surface area contributed by atoms with E-state index >= 15 is 0 Å². The molecule has 0 radical (unpaired) electrons. The smallest absolute Gasteiger partial charge is 0.167 e. The van der Waals surface area contributed by atoms with Crippen molar-refractivity contribution in [3.8, 4) is 5.75 Å². The maximum absolute atomic E-state index is 12.2. The highest BCUT2D eigenvalue weighted by Crippen LogP contribution is 2.22. The van der Waals surface area contributed by atoms with Crippen LogP contribution in [0.5, 0.6) is 5.75 Å². The van der Waals surface area contributed by atoms with Crippen LogP contribution in [-0.2, 0) is 0 Å². The number of benzene rings is 1. The van der Waals surface area contributed by atoms with E-state index in [1.165, 1.54) is 0 Å². The number of ketones is 1. The summed E-state index contributed by atoms with van der Waals surface area (Å²) < 4.78 is 5.47. The molecule has 1 aromatic carbocycles. The predicted octanol–water partition coefficient (Wildman–Crippen LogP) is 2.19. The van der Waals surface area contributed by atoms with Crippen LogP contribution < -0.4 is 10.1 Å². The molecule has 0 spiro atoms. The standard InChI is InChI=1S/C14H19NO2/c1-3-17-13-5-4-11(8-10(13)2)14(16)12-6-7-15-9-12/h4-5,8,12,15H,3,6-7,9H2,1-2H3. The average molecular weight is 233 g/mol. The van der Waals surface area contributed by atoms with Gasteiger partial charge in [0.15, 0.2) is 5.78 Å². The Morgan fingerprint density at radius 3 is 2.94 bits per heavy atom. The van der Waals surface area contributed by atoms with Gasteiger partial charge >= 0.3 is 0 Å². The van der Waals surface area contributed by atoms with Crippen molar-refractivity contribution in [1.29, 1.82) is 0 Å². The van der Waals surface area contributed by atoms with E-state index in [0.29, 0.717) is 6.61 Å². The van der Waals surface area contributed by atoms with Gasteiger partial charge < -0.3 is 10.1 Å². The minimum Gasteiger partial charge on any atom is -0.494 e. The molecule has 3 heteroatoms. The number of hydrogen-bond donors (Lipinski definition) is 1. The summed E-state index contributed by atoms with van der Waals surface area (Å²) in [6, 6.07) is 5.71. The summed E-state index contributed by atoms with van der Waals surface area (Å²) in [5.74, 6) is 1.27. The minimum absolute atomic E-state index is 0.146. The van der Waals surface area contributed by atoms with Crippen molar-refractivity contribution in [3.05, 3.63) is 29.3 Å². The van der Waals surface area contributed by atoms with E-state index in [9.17, 15) is 4.79 Å². The van der Waals surface area contributed by atoms with E-state index in [2.05, 4.69) is 5.32 Å². The van der Waals surface area contributed by atoms with Crippen LogP contribution in [0.3, 0.4) is 0 Å². The number of carbonyl (C=O) groups is 1. The predicted molar refractivity (Wildman–Crippen MR) is 67.7 cm³/mol. The van der Waals surface area contributed by atoms with E-state index in [4.69, 9.17) is 4.74 Å². The molecule has 1 N–H and O–H groups in total. The van der Waals surface area contributed by atoms with Crippen molar-refractivity contribution in [2.45, 2.75) is 20.3 Å². The summed E-state index contributed by atoms with van der Waals surface area (Å²) in [6.45, 7) is 6.36. The first kappa shape index (κ1) is 12.1. The number of rotatable bonds is 4. The number of hydrogen-bond acceptors (Lipinski definition) is 3. The molecule has 0 amide bonds. The molecular formula is C14H19NO2. The van der Waals surface area contributed by atoms with Gasteiger partial charge in [0, 0.05) is 18.0 Å². The lowest BCUT2D eigenvalue weighted by Gasteiger charge is -2.11. The Labute approximate surface area is 102 Å². The lowest BCUT2D eigenvalue weighted by atomic mass is 9.96. The maximum atomic E-state index is 12.2. The lowest BCUT2D eigenvalue weighted by molar-refractivity contribution is 0.0930. The third kappa shape index (κ3) is 2.67. The Balaban J connectivity index is 2.16. The Kier molecular flexibility index (Phi) is 3.79. The second-order valence-corrected chi connectivity index (χ2v) is 4.47. The maximum Gasteiger partial charge on any atom is 0.167 e. The van der Waals surface area contributed by atoms with Gasteiger partial charge in [-0.15, -0.1) is 0 Å². The first-order valence-electron chi connectivity index (χ1n) is 6.20. The van der Waals surface area contributed by atoms with Gasteiger partial charge in [-0.25, -0.2) is 0 Å². The van der Waals surface area contributed by atoms with Crippen LogP contribution >= 0.6 is 0 Å². The van der Waals surface area contributed by atoms with Crippen molar-refractivity contribution in [2.75, 3.05) is 19.7 Å². The molecule has 1 aromatic rings. The third-order valence-corrected chi connectivity index (χ3v) is 3.19. The highest BCUT2D eigenvalue weighted by atomic mass is 16.5. The van der Waals surface area contributed by atoms with Crippen molar-refractivity contribution in [1.82, 2.24) is 5.32 Å². The quantitative estimate of drug-likeness (QED) is 0.810. The van der Waals surface area contributed by atoms with Crippen LogP contribution in [-0.4, -0.2) is 25.5 Å². The zero-order valence-electron chi connectivity index (χ0n) is 10.5. The Bertz CT molecular complexity index is 409. The van der Waals surface area contributed by atoms with Gasteiger partial charge in [-0.1, -0.05) is 0 Å². The van der Waals surface area contributed by atoms with Gasteiger partial charge in [0.05, 0.1) is 6.61 Å². The monoisotopic (exact) mass is 233 g/mol. The fraction of sp³-hybridized carbons (Fsp3) is 0.500. The molecule has 3 nitrogen and oxygen atoms in total. The van der Waals surface area contributed by atoms with Gasteiger partial charge in [0.2, 0.25) is 0 Å². The first-order chi connectivity index (χ1) is 8.22. The van der Waals surface area contributed by atoms with E-state index < -0.39 is 0 Å². The zero-order chi connectivity index (χ0) is 12.3. The average Bonchev–Trinajstić information content (AvgIpc) is 2.84. The highest BCUT2D eigenvalue weighted by molar-refractivity contribution is 5.98. The molecule has 0 bridgehead atoms. The Morgan fingerprint density at radius 2 is 2.35 bits per heavy atom. The summed E-state index contributed by atoms with van der Waals surface area (Å²) in [6.07, 6.45) is 0.949. The van der Waals surface area contributed by atoms with E-state index in [1.807, 2.05) is 32.0 Å². The van der Waals surface area contributed by atoms with Gasteiger partial charge in [-0.3, -0.25) is 4.79 Å². The van der Waals surface area contributed by atoms with Crippen LogP contribution in [0.4, 0.5) is 0 Å². The van der Waals surface area contributed by atoms with Crippen molar-refractivity contribution in [3.63, 3.8) is 0 Å². The second-order valence-electron chi connectivity index (χ2n) is 4.47. The molecule has 1 unspecified atom stereocenters. The number of nitrogens with one attached hydrogen (secondary N) is 1. The largest absolute Gasteiger partial charge is 0.494 e. The topological polar surface area (TPSA) is 38.3 Å². The van der Waals surface area contributed by atoms with Gasteiger partial charge in [0.25, 0.3) is 0 Å². The molecule has 17 heavy (non-hydrogen) atoms. The fourth-order valence-corrected chi connectivity index (χ4v) is 2.23. The number of ether oxygens (including phenoxy) is 1. The molecule has 1 fully saturated rings. The molecule has 1 atom stereocenters. The summed E-state index contributed by atoms with van der Waals surface area (Å²) in [5.41, 5.74) is 1.84. The second kappa shape index (κ2) is 5.32. The summed E-state index contributed by atoms with van der Waals surface area (Å²) in [7, 11) is 0. The lowest BCUT2D eigenvalue weighted by Crippen LogP contribution is -2.18. The first-order valence-corrected chi connectivity index (χ1v) is 6.20. The molecular weight excluding hydrogens is 214 g/mol. The molecule has 1 aliphatic rings. The summed E-state index contributed by atoms with van der Waals surface area (Å²) in [4.78, 5) is 12.2. The Morgan fingerprint density at radius 1 is 1.53 bits per heavy atom. The molecule has 0 saturated carbocycles. The van der Waals surface area contributed by atoms with Gasteiger partial charge in [-0.05, 0) is 50.6 Å². The Hall–Kier alpha value is -1.35. The SMILES string of the molecule is CCOc1ccc(C(=O)C2CCNC2)cc1C. The van der Waals surface area contributed by atoms with E-state index in [1.54, 1.807) is 0 Å². The van der Waals surface area contributed by atoms with Crippen LogP contribution in [0.2, 0.25) is 0 Å². The van der Waals surface area contributed by atoms with Crippen molar-refractivity contribution >= 4 is 5.78 Å². The van der Waals surface area contributed by atoms with Crippen LogP contribution in [0.25, 0.3) is 0 Å². The van der Waals surface area contributed by atoms with Gasteiger partial charge in [0.1, 0.15) is 5.75 Å². The molecule has 1 heterocycles. The van der Waals surface area contributed by atoms with Crippen molar-refractivity contribution < 1.29 is 9.53 Å². The van der Waals surface area contributed by atoms with Gasteiger partial charge in [-0.2, -0.15) is 0 Å². The fourth-order valence-electron chi connectivity index (χ4n) is 2.23. The highest BCUT2D eigenvalue weighted by Gasteiger charge is 2.23. The normalized spacial score (nSPS) is 19.3. The number of aryl methyl sites for hydroxylation is 1. The molecule has 0 aromatic heterocycles. The molecule has 1 aliphatic heterocycles. The van der Waals surface area contributed by atoms with Crippen molar-refractivity contribution in [2.24, 2.45) is 5.92 Å². The van der Waals surface area contributed by atoms with Crippen LogP contribution in [0, 0.1) is 12.8 Å². The third-order valence-electron chi connectivity index (χ3n) is 3.19. The number of Topliss-reactive ketones (excluding diaryl/α,β-unsaturated/α-hetero) is 1. The molecule has 92 valence electrons. The summed E-state index contributed by atoms with van der Waals surface area (Å²) in [5, 5.41) is 3.22. The molecule has 1 saturated heterocycles. The van der Waals surface area contributed by atoms with Crippen LogP contribution in [0.1, 0.15) is 29.3 Å².